The molecule has 7 rings (SSSR count). The molecule has 44 heavy (non-hydrogen) atoms. The predicted octanol–water partition coefficient (Wildman–Crippen LogP) is 3.64. The van der Waals surface area contributed by atoms with E-state index in [0.29, 0.717) is 17.2 Å². The number of thioether (sulfide) groups is 1. The third-order valence-corrected chi connectivity index (χ3v) is 10.9. The van der Waals surface area contributed by atoms with E-state index in [9.17, 15) is 14.4 Å². The van der Waals surface area contributed by atoms with Gasteiger partial charge in [-0.25, -0.2) is 4.79 Å². The van der Waals surface area contributed by atoms with E-state index in [-0.39, 0.29) is 47.1 Å². The minimum Gasteiger partial charge on any atom is -0.457 e. The number of nitrogens with one attached hydrogen (secondary N) is 3. The lowest BCUT2D eigenvalue weighted by atomic mass is 9.86. The Balaban J connectivity index is 1.06. The number of rotatable bonds is 6. The number of likely N-dealkylation sites (tertiary alicyclic amines) is 2. The topological polar surface area (TPSA) is 106 Å². The monoisotopic (exact) mass is 616 g/mol. The van der Waals surface area contributed by atoms with Crippen molar-refractivity contribution >= 4 is 35.3 Å². The number of carbonyl (C=O) groups excluding carboxylic acids is 3. The van der Waals surface area contributed by atoms with Crippen molar-refractivity contribution in [2.45, 2.75) is 50.1 Å². The maximum atomic E-state index is 13.7. The standard InChI is InChI=1S/C33H40N6O4S/c1-20-17-24(43-23-8-4-3-5-9-23)10-11-25(20)39-26-12-14-34-31-27(26)28(36-33(39)42)29(44-31)30(40)35-22-7-6-15-38(19-22)32(41)21-13-16-37(2)18-21/h3-5,8-11,17,21-22,26-27,31,34H,6-7,12-16,18-19H2,1-2H3,(H,35,40)(H,36,42)/t21-,22-,26?,27?,31?/m1/s1. The largest absolute Gasteiger partial charge is 0.457 e. The van der Waals surface area contributed by atoms with Gasteiger partial charge in [0.1, 0.15) is 11.5 Å². The molecule has 3 N–H and O–H groups in total. The van der Waals surface area contributed by atoms with Crippen LogP contribution in [0.15, 0.2) is 59.1 Å². The number of hydrogen-bond acceptors (Lipinski definition) is 7. The van der Waals surface area contributed by atoms with Crippen molar-refractivity contribution in [2.24, 2.45) is 11.8 Å². The fraction of sp³-hybridized carbons (Fsp3) is 0.485. The Morgan fingerprint density at radius 3 is 2.64 bits per heavy atom. The maximum absolute atomic E-state index is 13.7. The SMILES string of the molecule is Cc1cc(Oc2ccccc2)ccc1N1C(=O)NC2=C(C(=O)N[C@@H]3CCCN(C(=O)[C@@H]4CCN(C)C4)C3)SC3NCCC1C23. The summed E-state index contributed by atoms with van der Waals surface area (Å²) in [6, 6.07) is 15.1. The summed E-state index contributed by atoms with van der Waals surface area (Å²) in [5.41, 5.74) is 2.51. The van der Waals surface area contributed by atoms with E-state index in [1.807, 2.05) is 65.3 Å². The van der Waals surface area contributed by atoms with Crippen LogP contribution >= 0.6 is 11.8 Å². The second kappa shape index (κ2) is 12.1. The quantitative estimate of drug-likeness (QED) is 0.455. The number of carbonyl (C=O) groups is 3. The van der Waals surface area contributed by atoms with Gasteiger partial charge in [0, 0.05) is 43.0 Å². The van der Waals surface area contributed by atoms with Crippen molar-refractivity contribution in [1.82, 2.24) is 25.8 Å². The Kier molecular flexibility index (Phi) is 8.02. The van der Waals surface area contributed by atoms with Crippen LogP contribution in [-0.4, -0.2) is 84.9 Å². The molecular weight excluding hydrogens is 576 g/mol. The molecule has 4 amide bonds. The van der Waals surface area contributed by atoms with E-state index in [0.717, 1.165) is 74.6 Å². The first kappa shape index (κ1) is 29.2. The molecule has 0 radical (unpaired) electrons. The Morgan fingerprint density at radius 2 is 1.86 bits per heavy atom. The van der Waals surface area contributed by atoms with Crippen molar-refractivity contribution in [3.05, 3.63) is 64.7 Å². The van der Waals surface area contributed by atoms with Crippen molar-refractivity contribution in [1.29, 1.82) is 0 Å². The van der Waals surface area contributed by atoms with Crippen LogP contribution in [0.3, 0.4) is 0 Å². The van der Waals surface area contributed by atoms with Crippen molar-refractivity contribution in [3.8, 4) is 11.5 Å². The van der Waals surface area contributed by atoms with Crippen LogP contribution in [0.2, 0.25) is 0 Å². The van der Waals surface area contributed by atoms with Crippen molar-refractivity contribution in [3.63, 3.8) is 0 Å². The highest BCUT2D eigenvalue weighted by atomic mass is 32.2. The molecule has 2 aromatic carbocycles. The van der Waals surface area contributed by atoms with Gasteiger partial charge in [0.15, 0.2) is 0 Å². The van der Waals surface area contributed by atoms with Crippen LogP contribution in [0.4, 0.5) is 10.5 Å². The van der Waals surface area contributed by atoms with Crippen LogP contribution in [0.5, 0.6) is 11.5 Å². The fourth-order valence-corrected chi connectivity index (χ4v) is 8.83. The van der Waals surface area contributed by atoms with Crippen LogP contribution in [-0.2, 0) is 9.59 Å². The van der Waals surface area contributed by atoms with E-state index < -0.39 is 0 Å². The van der Waals surface area contributed by atoms with Crippen LogP contribution < -0.4 is 25.6 Å². The lowest BCUT2D eigenvalue weighted by Gasteiger charge is -2.46. The maximum Gasteiger partial charge on any atom is 0.326 e. The lowest BCUT2D eigenvalue weighted by Crippen LogP contribution is -2.62. The van der Waals surface area contributed by atoms with Gasteiger partial charge in [0.2, 0.25) is 5.91 Å². The zero-order valence-electron chi connectivity index (χ0n) is 25.3. The summed E-state index contributed by atoms with van der Waals surface area (Å²) in [7, 11) is 2.06. The smallest absolute Gasteiger partial charge is 0.326 e. The summed E-state index contributed by atoms with van der Waals surface area (Å²) in [4.78, 5) is 47.2. The van der Waals surface area contributed by atoms with Crippen LogP contribution in [0.25, 0.3) is 0 Å². The van der Waals surface area contributed by atoms with Gasteiger partial charge in [-0.05, 0) is 88.6 Å². The Morgan fingerprint density at radius 1 is 1.02 bits per heavy atom. The van der Waals surface area contributed by atoms with E-state index in [2.05, 4.69) is 27.9 Å². The first-order valence-corrected chi connectivity index (χ1v) is 16.6. The van der Waals surface area contributed by atoms with Gasteiger partial charge in [-0.1, -0.05) is 30.0 Å². The number of ether oxygens (including phenoxy) is 1. The van der Waals surface area contributed by atoms with Gasteiger partial charge in [0.05, 0.1) is 22.2 Å². The molecule has 5 heterocycles. The summed E-state index contributed by atoms with van der Waals surface area (Å²) in [5.74, 6) is 1.54. The third kappa shape index (κ3) is 5.57. The molecule has 232 valence electrons. The highest BCUT2D eigenvalue weighted by molar-refractivity contribution is 8.04. The Labute approximate surface area is 262 Å². The molecule has 0 aromatic heterocycles. The third-order valence-electron chi connectivity index (χ3n) is 9.56. The Bertz CT molecular complexity index is 1480. The second-order valence-electron chi connectivity index (χ2n) is 12.6. The normalized spacial score (nSPS) is 28.5. The minimum atomic E-state index is -0.217. The summed E-state index contributed by atoms with van der Waals surface area (Å²) < 4.78 is 6.02. The molecule has 3 unspecified atom stereocenters. The number of para-hydroxylation sites is 1. The molecule has 10 nitrogen and oxygen atoms in total. The summed E-state index contributed by atoms with van der Waals surface area (Å²) in [6.07, 6.45) is 3.39. The molecule has 4 saturated heterocycles. The number of anilines is 1. The first-order chi connectivity index (χ1) is 21.4. The van der Waals surface area contributed by atoms with E-state index in [1.54, 1.807) is 0 Å². The fourth-order valence-electron chi connectivity index (χ4n) is 7.43. The highest BCUT2D eigenvalue weighted by Gasteiger charge is 2.52. The van der Waals surface area contributed by atoms with E-state index >= 15 is 0 Å². The summed E-state index contributed by atoms with van der Waals surface area (Å²) in [6.45, 7) is 5.79. The van der Waals surface area contributed by atoms with Crippen molar-refractivity contribution < 1.29 is 19.1 Å². The predicted molar refractivity (Wildman–Crippen MR) is 170 cm³/mol. The molecule has 0 spiro atoms. The molecule has 5 atom stereocenters. The number of benzene rings is 2. The molecule has 0 saturated carbocycles. The molecule has 5 aliphatic rings. The zero-order chi connectivity index (χ0) is 30.4. The number of urea groups is 1. The van der Waals surface area contributed by atoms with Gasteiger partial charge in [0.25, 0.3) is 5.91 Å². The second-order valence-corrected chi connectivity index (χ2v) is 13.8. The number of nitrogens with zero attached hydrogens (tertiary/aromatic N) is 3. The summed E-state index contributed by atoms with van der Waals surface area (Å²) >= 11 is 1.51. The molecule has 4 fully saturated rings. The Hall–Kier alpha value is -3.54. The molecular formula is C33H40N6O4S. The van der Waals surface area contributed by atoms with E-state index in [1.165, 1.54) is 11.8 Å². The lowest BCUT2D eigenvalue weighted by molar-refractivity contribution is -0.137. The zero-order valence-corrected chi connectivity index (χ0v) is 26.1. The number of piperidine rings is 2. The average molecular weight is 617 g/mol. The van der Waals surface area contributed by atoms with Crippen LogP contribution in [0.1, 0.15) is 31.2 Å². The van der Waals surface area contributed by atoms with Gasteiger partial charge in [-0.3, -0.25) is 14.5 Å². The molecule has 11 heteroatoms. The van der Waals surface area contributed by atoms with Crippen molar-refractivity contribution in [2.75, 3.05) is 44.7 Å². The van der Waals surface area contributed by atoms with Gasteiger partial charge >= 0.3 is 6.03 Å². The molecule has 0 aliphatic carbocycles. The highest BCUT2D eigenvalue weighted by Crippen LogP contribution is 2.48. The molecule has 0 bridgehead atoms. The number of amides is 4. The number of hydrogen-bond donors (Lipinski definition) is 3. The van der Waals surface area contributed by atoms with Gasteiger partial charge < -0.3 is 30.5 Å². The molecule has 2 aromatic rings. The first-order valence-electron chi connectivity index (χ1n) is 15.7. The molecule has 5 aliphatic heterocycles. The number of aryl methyl sites for hydroxylation is 1. The van der Waals surface area contributed by atoms with Gasteiger partial charge in [-0.15, -0.1) is 0 Å². The summed E-state index contributed by atoms with van der Waals surface area (Å²) in [5, 5.41) is 9.92. The van der Waals surface area contributed by atoms with E-state index in [4.69, 9.17) is 4.74 Å². The van der Waals surface area contributed by atoms with Crippen LogP contribution in [0, 0.1) is 18.8 Å². The van der Waals surface area contributed by atoms with Gasteiger partial charge in [-0.2, -0.15) is 0 Å². The minimum absolute atomic E-state index is 0.00242. The average Bonchev–Trinajstić information content (AvgIpc) is 3.63.